The van der Waals surface area contributed by atoms with Crippen molar-refractivity contribution in [2.45, 2.75) is 12.8 Å². The molecule has 0 saturated carbocycles. The lowest BCUT2D eigenvalue weighted by Gasteiger charge is -2.35. The monoisotopic (exact) mass is 224 g/mol. The summed E-state index contributed by atoms with van der Waals surface area (Å²) < 4.78 is 1.75. The van der Waals surface area contributed by atoms with Crippen LogP contribution in [0.3, 0.4) is 0 Å². The zero-order valence-corrected chi connectivity index (χ0v) is 11.0. The Balaban J connectivity index is 4.03. The van der Waals surface area contributed by atoms with Gasteiger partial charge in [-0.15, -0.1) is 0 Å². The highest BCUT2D eigenvalue weighted by Gasteiger charge is 2.22. The third-order valence-corrected chi connectivity index (χ3v) is 2.97. The molecule has 0 unspecified atom stereocenters. The number of hydrogen-bond acceptors (Lipinski definition) is 2. The van der Waals surface area contributed by atoms with Crippen molar-refractivity contribution in [3.8, 4) is 12.1 Å². The van der Waals surface area contributed by atoms with E-state index in [0.29, 0.717) is 12.8 Å². The first-order valence-electron chi connectivity index (χ1n) is 5.71. The van der Waals surface area contributed by atoms with Gasteiger partial charge in [0.05, 0.1) is 66.3 Å². The summed E-state index contributed by atoms with van der Waals surface area (Å²) >= 11 is 0. The van der Waals surface area contributed by atoms with E-state index < -0.39 is 0 Å². The van der Waals surface area contributed by atoms with Crippen molar-refractivity contribution in [2.24, 2.45) is 0 Å². The van der Waals surface area contributed by atoms with Crippen LogP contribution in [-0.4, -0.2) is 63.3 Å². The Morgan fingerprint density at radius 1 is 0.688 bits per heavy atom. The largest absolute Gasteiger partial charge is 0.323 e. The second-order valence-electron chi connectivity index (χ2n) is 5.58. The Bertz CT molecular complexity index is 250. The van der Waals surface area contributed by atoms with Crippen molar-refractivity contribution in [3.63, 3.8) is 0 Å². The number of hydrogen-bond donors (Lipinski definition) is 0. The van der Waals surface area contributed by atoms with Gasteiger partial charge in [-0.05, 0) is 0 Å². The molecule has 0 aromatic rings. The van der Waals surface area contributed by atoms with Crippen molar-refractivity contribution in [1.29, 1.82) is 10.5 Å². The molecule has 16 heavy (non-hydrogen) atoms. The van der Waals surface area contributed by atoms with E-state index in [-0.39, 0.29) is 0 Å². The first-order valence-corrected chi connectivity index (χ1v) is 5.71. The van der Waals surface area contributed by atoms with Crippen LogP contribution in [0.15, 0.2) is 0 Å². The van der Waals surface area contributed by atoms with E-state index in [0.717, 1.165) is 35.1 Å². The summed E-state index contributed by atoms with van der Waals surface area (Å²) in [6.45, 7) is 3.88. The van der Waals surface area contributed by atoms with Crippen molar-refractivity contribution in [1.82, 2.24) is 0 Å². The molecule has 0 bridgehead atoms. The van der Waals surface area contributed by atoms with Crippen LogP contribution in [0, 0.1) is 22.7 Å². The number of rotatable bonds is 7. The molecule has 0 amide bonds. The molecule has 0 radical (unpaired) electrons. The first kappa shape index (κ1) is 14.9. The predicted octanol–water partition coefficient (Wildman–Crippen LogP) is 0.967. The zero-order chi connectivity index (χ0) is 12.7. The molecule has 0 saturated heterocycles. The third-order valence-electron chi connectivity index (χ3n) is 2.97. The average Bonchev–Trinajstić information content (AvgIpc) is 2.22. The summed E-state index contributed by atoms with van der Waals surface area (Å²) in [5, 5.41) is 17.1. The van der Waals surface area contributed by atoms with Gasteiger partial charge >= 0.3 is 0 Å². The summed E-state index contributed by atoms with van der Waals surface area (Å²) in [6, 6.07) is 4.38. The van der Waals surface area contributed by atoms with Gasteiger partial charge < -0.3 is 8.97 Å². The van der Waals surface area contributed by atoms with Crippen LogP contribution in [0.5, 0.6) is 0 Å². The molecule has 0 fully saturated rings. The molecule has 0 aromatic heterocycles. The van der Waals surface area contributed by atoms with Gasteiger partial charge in [-0.25, -0.2) is 0 Å². The van der Waals surface area contributed by atoms with Crippen molar-refractivity contribution in [3.05, 3.63) is 0 Å². The van der Waals surface area contributed by atoms with Crippen LogP contribution in [0.25, 0.3) is 0 Å². The van der Waals surface area contributed by atoms with Gasteiger partial charge in [-0.3, -0.25) is 0 Å². The van der Waals surface area contributed by atoms with Gasteiger partial charge in [0.15, 0.2) is 0 Å². The summed E-state index contributed by atoms with van der Waals surface area (Å²) in [7, 11) is 8.62. The second-order valence-corrected chi connectivity index (χ2v) is 5.58. The number of nitrogens with zero attached hydrogens (tertiary/aromatic N) is 4. The molecule has 0 N–H and O–H groups in total. The predicted molar refractivity (Wildman–Crippen MR) is 64.1 cm³/mol. The SMILES string of the molecule is C[N+](C)(CCC#N)CC[N+](C)(C)CCC#N. The van der Waals surface area contributed by atoms with E-state index in [2.05, 4.69) is 40.3 Å². The summed E-state index contributed by atoms with van der Waals surface area (Å²) in [4.78, 5) is 0. The van der Waals surface area contributed by atoms with Crippen molar-refractivity contribution in [2.75, 3.05) is 54.4 Å². The molecule has 0 spiro atoms. The molecule has 0 rings (SSSR count). The second kappa shape index (κ2) is 6.48. The number of nitriles is 2. The fraction of sp³-hybridized carbons (Fsp3) is 0.833. The minimum atomic E-state index is 0.610. The van der Waals surface area contributed by atoms with E-state index in [1.54, 1.807) is 0 Å². The molecule has 0 heterocycles. The molecule has 0 atom stereocenters. The Hall–Kier alpha value is -1.10. The van der Waals surface area contributed by atoms with Crippen LogP contribution >= 0.6 is 0 Å². The fourth-order valence-electron chi connectivity index (χ4n) is 1.47. The quantitative estimate of drug-likeness (QED) is 0.605. The molecule has 0 aliphatic rings. The minimum absolute atomic E-state index is 0.610. The summed E-state index contributed by atoms with van der Waals surface area (Å²) in [5.41, 5.74) is 0. The maximum atomic E-state index is 8.57. The molecule has 0 aliphatic carbocycles. The Labute approximate surface area is 99.5 Å². The van der Waals surface area contributed by atoms with Crippen LogP contribution in [0.2, 0.25) is 0 Å². The Morgan fingerprint density at radius 2 is 1.00 bits per heavy atom. The fourth-order valence-corrected chi connectivity index (χ4v) is 1.47. The van der Waals surface area contributed by atoms with Crippen LogP contribution in [0.1, 0.15) is 12.8 Å². The van der Waals surface area contributed by atoms with Crippen LogP contribution in [-0.2, 0) is 0 Å². The first-order chi connectivity index (χ1) is 7.33. The molecule has 0 aromatic carbocycles. The van der Waals surface area contributed by atoms with Gasteiger partial charge in [0.25, 0.3) is 0 Å². The molecule has 90 valence electrons. The number of likely N-dealkylation sites (N-methyl/N-ethyl adjacent to an activating group) is 2. The van der Waals surface area contributed by atoms with Crippen LogP contribution in [0.4, 0.5) is 0 Å². The lowest BCUT2D eigenvalue weighted by atomic mass is 10.3. The highest BCUT2D eigenvalue weighted by molar-refractivity contribution is 4.68. The summed E-state index contributed by atoms with van der Waals surface area (Å²) in [6.07, 6.45) is 1.22. The van der Waals surface area contributed by atoms with Gasteiger partial charge in [0.1, 0.15) is 13.1 Å². The van der Waals surface area contributed by atoms with E-state index in [4.69, 9.17) is 10.5 Å². The van der Waals surface area contributed by atoms with Crippen LogP contribution < -0.4 is 0 Å². The Kier molecular flexibility index (Phi) is 6.03. The highest BCUT2D eigenvalue weighted by Crippen LogP contribution is 2.04. The van der Waals surface area contributed by atoms with Gasteiger partial charge in [-0.1, -0.05) is 0 Å². The Morgan fingerprint density at radius 3 is 1.25 bits per heavy atom. The van der Waals surface area contributed by atoms with E-state index in [1.807, 2.05) is 0 Å². The van der Waals surface area contributed by atoms with E-state index in [1.165, 1.54) is 0 Å². The maximum Gasteiger partial charge on any atom is 0.128 e. The zero-order valence-electron chi connectivity index (χ0n) is 11.0. The maximum absolute atomic E-state index is 8.57. The van der Waals surface area contributed by atoms with Gasteiger partial charge in [0, 0.05) is 0 Å². The smallest absolute Gasteiger partial charge is 0.128 e. The molecular formula is C12H24N4+2. The highest BCUT2D eigenvalue weighted by atomic mass is 15.4. The molecule has 0 aliphatic heterocycles. The molecule has 4 nitrogen and oxygen atoms in total. The molecule has 4 heteroatoms. The standard InChI is InChI=1S/C12H24N4/c1-15(2,9-5-7-13)11-12-16(3,4)10-6-8-14/h5-6,9-12H2,1-4H3/q+2. The summed E-state index contributed by atoms with van der Waals surface area (Å²) in [5.74, 6) is 0. The van der Waals surface area contributed by atoms with Gasteiger partial charge in [-0.2, -0.15) is 10.5 Å². The lowest BCUT2D eigenvalue weighted by molar-refractivity contribution is -0.945. The minimum Gasteiger partial charge on any atom is -0.323 e. The van der Waals surface area contributed by atoms with Crippen molar-refractivity contribution < 1.29 is 8.97 Å². The van der Waals surface area contributed by atoms with Crippen molar-refractivity contribution >= 4 is 0 Å². The van der Waals surface area contributed by atoms with E-state index in [9.17, 15) is 0 Å². The van der Waals surface area contributed by atoms with Gasteiger partial charge in [0.2, 0.25) is 0 Å². The third kappa shape index (κ3) is 7.23. The average molecular weight is 224 g/mol. The number of quaternary nitrogens is 2. The lowest BCUT2D eigenvalue weighted by Crippen LogP contribution is -2.51. The molecular weight excluding hydrogens is 200 g/mol. The normalized spacial score (nSPS) is 11.9. The topological polar surface area (TPSA) is 47.6 Å². The van der Waals surface area contributed by atoms with E-state index >= 15 is 0 Å².